The lowest BCUT2D eigenvalue weighted by atomic mass is 9.99. The maximum absolute atomic E-state index is 11.5. The van der Waals surface area contributed by atoms with E-state index in [1.54, 1.807) is 0 Å². The Morgan fingerprint density at radius 1 is 1.03 bits per heavy atom. The van der Waals surface area contributed by atoms with Gasteiger partial charge < -0.3 is 10.4 Å². The summed E-state index contributed by atoms with van der Waals surface area (Å²) in [5.41, 5.74) is 4.27. The third kappa shape index (κ3) is 6.98. The molecule has 1 aliphatic rings. The first-order valence-electron chi connectivity index (χ1n) is 11.8. The molecule has 7 heteroatoms. The van der Waals surface area contributed by atoms with E-state index in [0.717, 1.165) is 45.4 Å². The van der Waals surface area contributed by atoms with Crippen LogP contribution >= 0.6 is 0 Å². The number of unbranched alkanes of at least 4 members (excludes halogenated alkanes) is 1. The van der Waals surface area contributed by atoms with Crippen molar-refractivity contribution in [3.05, 3.63) is 89.3 Å². The molecule has 0 atom stereocenters. The van der Waals surface area contributed by atoms with Crippen LogP contribution in [0.25, 0.3) is 10.8 Å². The van der Waals surface area contributed by atoms with Crippen LogP contribution in [0.1, 0.15) is 29.5 Å². The van der Waals surface area contributed by atoms with Crippen LogP contribution in [0.3, 0.4) is 0 Å². The molecule has 6 nitrogen and oxygen atoms in total. The number of aliphatic hydroxyl groups excluding tert-OH is 1. The molecule has 4 rings (SSSR count). The lowest BCUT2D eigenvalue weighted by molar-refractivity contribution is 0.248. The van der Waals surface area contributed by atoms with Crippen molar-refractivity contribution >= 4 is 26.5 Å². The van der Waals surface area contributed by atoms with Crippen molar-refractivity contribution in [3.63, 3.8) is 0 Å². The van der Waals surface area contributed by atoms with Gasteiger partial charge in [-0.15, -0.1) is 0 Å². The molecule has 0 amide bonds. The van der Waals surface area contributed by atoms with Crippen molar-refractivity contribution < 1.29 is 13.5 Å². The third-order valence-electron chi connectivity index (χ3n) is 6.15. The predicted molar refractivity (Wildman–Crippen MR) is 139 cm³/mol. The van der Waals surface area contributed by atoms with E-state index in [2.05, 4.69) is 45.3 Å². The Bertz CT molecular complexity index is 1270. The number of aliphatic hydroxyl groups is 1. The van der Waals surface area contributed by atoms with Gasteiger partial charge in [-0.3, -0.25) is 9.62 Å². The topological polar surface area (TPSA) is 81.7 Å². The lowest BCUT2D eigenvalue weighted by Gasteiger charge is -2.29. The molecule has 0 unspecified atom stereocenters. The Kier molecular flexibility index (Phi) is 7.75. The molecule has 0 spiro atoms. The molecule has 3 aromatic rings. The molecular weight excluding hydrogens is 446 g/mol. The van der Waals surface area contributed by atoms with Gasteiger partial charge in [-0.1, -0.05) is 48.5 Å². The molecular formula is C27H33N3O3S. The summed E-state index contributed by atoms with van der Waals surface area (Å²) in [5, 5.41) is 15.7. The second-order valence-electron chi connectivity index (χ2n) is 8.99. The minimum absolute atomic E-state index is 0.228. The molecule has 0 bridgehead atoms. The lowest BCUT2D eigenvalue weighted by Crippen LogP contribution is -2.31. The van der Waals surface area contributed by atoms with Gasteiger partial charge in [0.15, 0.2) is 5.88 Å². The second-order valence-corrected chi connectivity index (χ2v) is 10.7. The number of nitrogens with one attached hydrogen (secondary N) is 2. The first-order chi connectivity index (χ1) is 16.4. The van der Waals surface area contributed by atoms with Crippen molar-refractivity contribution in [1.82, 2.24) is 10.2 Å². The van der Waals surface area contributed by atoms with Crippen LogP contribution < -0.4 is 10.0 Å². The fourth-order valence-corrected chi connectivity index (χ4v) is 4.97. The number of nitrogens with zero attached hydrogens (tertiary/aromatic N) is 1. The van der Waals surface area contributed by atoms with Crippen molar-refractivity contribution in [2.45, 2.75) is 32.2 Å². The van der Waals surface area contributed by atoms with Crippen molar-refractivity contribution in [1.29, 1.82) is 0 Å². The number of benzene rings is 3. The smallest absolute Gasteiger partial charge is 0.229 e. The quantitative estimate of drug-likeness (QED) is 0.293. The fourth-order valence-electron chi connectivity index (χ4n) is 4.41. The third-order valence-corrected chi connectivity index (χ3v) is 6.76. The minimum Gasteiger partial charge on any atom is -0.495 e. The summed E-state index contributed by atoms with van der Waals surface area (Å²) >= 11 is 0. The zero-order valence-corrected chi connectivity index (χ0v) is 20.4. The van der Waals surface area contributed by atoms with Crippen LogP contribution in [0.15, 0.2) is 72.6 Å². The number of hydrogen-bond donors (Lipinski definition) is 3. The summed E-state index contributed by atoms with van der Waals surface area (Å²) in [6.07, 6.45) is 6.66. The van der Waals surface area contributed by atoms with E-state index in [0.29, 0.717) is 12.1 Å². The van der Waals surface area contributed by atoms with Crippen LogP contribution in [-0.4, -0.2) is 44.3 Å². The largest absolute Gasteiger partial charge is 0.495 e. The van der Waals surface area contributed by atoms with Gasteiger partial charge in [0.25, 0.3) is 0 Å². The van der Waals surface area contributed by atoms with Gasteiger partial charge in [-0.2, -0.15) is 0 Å². The summed E-state index contributed by atoms with van der Waals surface area (Å²) in [7, 11) is -3.27. The van der Waals surface area contributed by atoms with Gasteiger partial charge in [0.2, 0.25) is 10.0 Å². The highest BCUT2D eigenvalue weighted by Crippen LogP contribution is 2.23. The van der Waals surface area contributed by atoms with E-state index < -0.39 is 10.0 Å². The van der Waals surface area contributed by atoms with Gasteiger partial charge in [-0.05, 0) is 77.9 Å². The van der Waals surface area contributed by atoms with E-state index in [9.17, 15) is 13.5 Å². The average molecular weight is 480 g/mol. The molecule has 1 aliphatic heterocycles. The number of anilines is 1. The van der Waals surface area contributed by atoms with Gasteiger partial charge in [0.1, 0.15) is 0 Å². The Balaban J connectivity index is 1.18. The van der Waals surface area contributed by atoms with E-state index in [1.165, 1.54) is 33.7 Å². The van der Waals surface area contributed by atoms with Crippen LogP contribution in [0.5, 0.6) is 0 Å². The van der Waals surface area contributed by atoms with Gasteiger partial charge in [-0.25, -0.2) is 8.42 Å². The standard InChI is InChI=1S/C27H33N3O3S/c1-34(32,33)29-26-12-11-23-14-17-30(20-25(23)19-26)16-5-4-15-28-27(31)13-9-21-8-10-22-6-2-3-7-24(22)18-21/h2-3,6-8,10-13,18-19,28-29,31H,4-5,9,14-17,20H2,1H3/b27-13+. The minimum atomic E-state index is -3.27. The number of fused-ring (bicyclic) bond motifs is 2. The highest BCUT2D eigenvalue weighted by molar-refractivity contribution is 7.92. The Morgan fingerprint density at radius 2 is 1.85 bits per heavy atom. The summed E-state index contributed by atoms with van der Waals surface area (Å²) in [6.45, 7) is 3.55. The summed E-state index contributed by atoms with van der Waals surface area (Å²) in [4.78, 5) is 2.40. The molecule has 0 saturated heterocycles. The number of sulfonamides is 1. The normalized spacial score (nSPS) is 14.7. The molecule has 0 fully saturated rings. The monoisotopic (exact) mass is 479 g/mol. The average Bonchev–Trinajstić information content (AvgIpc) is 2.81. The molecule has 3 N–H and O–H groups in total. The summed E-state index contributed by atoms with van der Waals surface area (Å²) in [6, 6.07) is 20.5. The zero-order valence-electron chi connectivity index (χ0n) is 19.6. The Hall–Kier alpha value is -3.03. The van der Waals surface area contributed by atoms with E-state index in [-0.39, 0.29) is 5.88 Å². The first-order valence-corrected chi connectivity index (χ1v) is 13.7. The van der Waals surface area contributed by atoms with E-state index in [4.69, 9.17) is 0 Å². The molecule has 0 saturated carbocycles. The predicted octanol–water partition coefficient (Wildman–Crippen LogP) is 4.58. The number of hydrogen-bond acceptors (Lipinski definition) is 5. The number of allylic oxidation sites excluding steroid dienone is 1. The SMILES string of the molecule is CS(=O)(=O)Nc1ccc2c(c1)CN(CCCCN/C(O)=C\Cc1ccc3ccccc3c1)CC2. The van der Waals surface area contributed by atoms with Gasteiger partial charge >= 0.3 is 0 Å². The van der Waals surface area contributed by atoms with Crippen LogP contribution in [0.2, 0.25) is 0 Å². The molecule has 0 radical (unpaired) electrons. The summed E-state index contributed by atoms with van der Waals surface area (Å²) in [5.74, 6) is 0.228. The highest BCUT2D eigenvalue weighted by Gasteiger charge is 2.16. The summed E-state index contributed by atoms with van der Waals surface area (Å²) < 4.78 is 25.6. The van der Waals surface area contributed by atoms with Gasteiger partial charge in [0, 0.05) is 25.3 Å². The molecule has 3 aromatic carbocycles. The van der Waals surface area contributed by atoms with Crippen LogP contribution in [0, 0.1) is 0 Å². The Morgan fingerprint density at radius 3 is 2.68 bits per heavy atom. The molecule has 0 aliphatic carbocycles. The fraction of sp³-hybridized carbons (Fsp3) is 0.333. The number of rotatable bonds is 10. The van der Waals surface area contributed by atoms with Crippen LogP contribution in [0.4, 0.5) is 5.69 Å². The zero-order chi connectivity index (χ0) is 24.0. The maximum Gasteiger partial charge on any atom is 0.229 e. The molecule has 0 aromatic heterocycles. The molecule has 1 heterocycles. The highest BCUT2D eigenvalue weighted by atomic mass is 32.2. The van der Waals surface area contributed by atoms with Crippen LogP contribution in [-0.2, 0) is 29.4 Å². The van der Waals surface area contributed by atoms with Crippen molar-refractivity contribution in [3.8, 4) is 0 Å². The van der Waals surface area contributed by atoms with E-state index >= 15 is 0 Å². The first kappa shape index (κ1) is 24.1. The van der Waals surface area contributed by atoms with Gasteiger partial charge in [0.05, 0.1) is 6.26 Å². The van der Waals surface area contributed by atoms with E-state index in [1.807, 2.05) is 36.4 Å². The van der Waals surface area contributed by atoms with Crippen molar-refractivity contribution in [2.24, 2.45) is 0 Å². The maximum atomic E-state index is 11.5. The molecule has 34 heavy (non-hydrogen) atoms. The molecule has 180 valence electrons. The Labute approximate surface area is 202 Å². The van der Waals surface area contributed by atoms with Crippen molar-refractivity contribution in [2.75, 3.05) is 30.6 Å². The second kappa shape index (κ2) is 10.9.